The summed E-state index contributed by atoms with van der Waals surface area (Å²) in [7, 11) is 0. The highest BCUT2D eigenvalue weighted by atomic mass is 19.4. The summed E-state index contributed by atoms with van der Waals surface area (Å²) in [6, 6.07) is 2.35. The van der Waals surface area contributed by atoms with Crippen LogP contribution in [-0.4, -0.2) is 17.0 Å². The van der Waals surface area contributed by atoms with E-state index < -0.39 is 23.6 Å². The lowest BCUT2D eigenvalue weighted by Crippen LogP contribution is -2.12. The quantitative estimate of drug-likeness (QED) is 0.789. The van der Waals surface area contributed by atoms with Gasteiger partial charge in [0.25, 0.3) is 0 Å². The van der Waals surface area contributed by atoms with Crippen LogP contribution in [0.25, 0.3) is 0 Å². The first-order valence-corrected chi connectivity index (χ1v) is 4.43. The number of carbonyl (C=O) groups excluding carboxylic acids is 1. The maximum Gasteiger partial charge on any atom is 0.416 e. The van der Waals surface area contributed by atoms with E-state index in [2.05, 4.69) is 0 Å². The number of hydrogen-bond donors (Lipinski definition) is 2. The van der Waals surface area contributed by atoms with Gasteiger partial charge in [-0.05, 0) is 25.1 Å². The Bertz CT molecular complexity index is 468. The number of rotatable bonds is 2. The van der Waals surface area contributed by atoms with E-state index in [-0.39, 0.29) is 11.3 Å². The van der Waals surface area contributed by atoms with Crippen LogP contribution in [-0.2, 0) is 6.18 Å². The number of anilines is 1. The van der Waals surface area contributed by atoms with Crippen LogP contribution >= 0.6 is 0 Å². The zero-order valence-corrected chi connectivity index (χ0v) is 8.63. The zero-order chi connectivity index (χ0) is 13.2. The van der Waals surface area contributed by atoms with Gasteiger partial charge in [-0.1, -0.05) is 0 Å². The molecular weight excluding hydrogens is 239 g/mol. The van der Waals surface area contributed by atoms with Crippen molar-refractivity contribution < 1.29 is 27.9 Å². The van der Waals surface area contributed by atoms with Gasteiger partial charge >= 0.3 is 12.3 Å². The molecule has 0 saturated heterocycles. The minimum absolute atomic E-state index is 0.205. The van der Waals surface area contributed by atoms with E-state index in [0.717, 1.165) is 13.0 Å². The van der Waals surface area contributed by atoms with Gasteiger partial charge in [0.15, 0.2) is 5.78 Å². The minimum atomic E-state index is -4.64. The largest absolute Gasteiger partial charge is 0.465 e. The standard InChI is InChI=1S/C10H8F3NO3/c1-5(15)6-2-7(10(11,12)13)4-8(3-6)14-9(16)17/h2-4,14H,1H3,(H,16,17). The molecule has 0 saturated carbocycles. The highest BCUT2D eigenvalue weighted by molar-refractivity contribution is 5.96. The molecule has 0 aliphatic rings. The lowest BCUT2D eigenvalue weighted by atomic mass is 10.1. The van der Waals surface area contributed by atoms with Crippen LogP contribution < -0.4 is 5.32 Å². The molecule has 0 bridgehead atoms. The smallest absolute Gasteiger partial charge is 0.416 e. The predicted molar refractivity (Wildman–Crippen MR) is 53.1 cm³/mol. The van der Waals surface area contributed by atoms with Gasteiger partial charge in [0.05, 0.1) is 5.56 Å². The molecule has 0 spiro atoms. The molecule has 0 aliphatic carbocycles. The molecule has 4 nitrogen and oxygen atoms in total. The fourth-order valence-corrected chi connectivity index (χ4v) is 1.19. The van der Waals surface area contributed by atoms with Crippen molar-refractivity contribution in [2.75, 3.05) is 5.32 Å². The highest BCUT2D eigenvalue weighted by Gasteiger charge is 2.31. The number of alkyl halides is 3. The first kappa shape index (κ1) is 13.0. The molecule has 0 unspecified atom stereocenters. The van der Waals surface area contributed by atoms with E-state index in [4.69, 9.17) is 5.11 Å². The Balaban J connectivity index is 3.28. The summed E-state index contributed by atoms with van der Waals surface area (Å²) in [6.07, 6.45) is -6.14. The van der Waals surface area contributed by atoms with Crippen molar-refractivity contribution >= 4 is 17.6 Å². The number of carbonyl (C=O) groups is 2. The molecule has 17 heavy (non-hydrogen) atoms. The summed E-state index contributed by atoms with van der Waals surface area (Å²) >= 11 is 0. The maximum atomic E-state index is 12.5. The zero-order valence-electron chi connectivity index (χ0n) is 8.63. The molecule has 0 heterocycles. The van der Waals surface area contributed by atoms with Crippen molar-refractivity contribution in [3.8, 4) is 0 Å². The van der Waals surface area contributed by atoms with Crippen LogP contribution in [0.2, 0.25) is 0 Å². The maximum absolute atomic E-state index is 12.5. The number of Topliss-reactive ketones (excluding diaryl/α,β-unsaturated/α-hetero) is 1. The number of halogens is 3. The van der Waals surface area contributed by atoms with Crippen LogP contribution in [0.5, 0.6) is 0 Å². The average molecular weight is 247 g/mol. The van der Waals surface area contributed by atoms with Crippen LogP contribution in [0.15, 0.2) is 18.2 Å². The highest BCUT2D eigenvalue weighted by Crippen LogP contribution is 2.32. The third kappa shape index (κ3) is 3.47. The van der Waals surface area contributed by atoms with Crippen LogP contribution in [0.1, 0.15) is 22.8 Å². The second-order valence-electron chi connectivity index (χ2n) is 3.28. The van der Waals surface area contributed by atoms with Crippen molar-refractivity contribution in [1.82, 2.24) is 0 Å². The summed E-state index contributed by atoms with van der Waals surface area (Å²) in [6.45, 7) is 1.10. The van der Waals surface area contributed by atoms with E-state index in [9.17, 15) is 22.8 Å². The summed E-state index contributed by atoms with van der Waals surface area (Å²) in [5.74, 6) is -0.579. The van der Waals surface area contributed by atoms with Gasteiger partial charge in [-0.25, -0.2) is 4.79 Å². The molecule has 0 radical (unpaired) electrons. The number of hydrogen-bond acceptors (Lipinski definition) is 2. The van der Waals surface area contributed by atoms with Gasteiger partial charge in [0.1, 0.15) is 0 Å². The second-order valence-corrected chi connectivity index (χ2v) is 3.28. The van der Waals surface area contributed by atoms with Gasteiger partial charge in [0.2, 0.25) is 0 Å². The normalized spacial score (nSPS) is 11.1. The number of nitrogens with one attached hydrogen (secondary N) is 1. The fraction of sp³-hybridized carbons (Fsp3) is 0.200. The predicted octanol–water partition coefficient (Wildman–Crippen LogP) is 3.00. The number of benzene rings is 1. The topological polar surface area (TPSA) is 66.4 Å². The first-order valence-electron chi connectivity index (χ1n) is 4.43. The molecule has 1 aromatic carbocycles. The average Bonchev–Trinajstić information content (AvgIpc) is 2.14. The SMILES string of the molecule is CC(=O)c1cc(NC(=O)O)cc(C(F)(F)F)c1. The van der Waals surface area contributed by atoms with E-state index in [1.165, 1.54) is 0 Å². The third-order valence-electron chi connectivity index (χ3n) is 1.92. The van der Waals surface area contributed by atoms with Gasteiger partial charge in [-0.3, -0.25) is 10.1 Å². The van der Waals surface area contributed by atoms with Gasteiger partial charge in [-0.2, -0.15) is 13.2 Å². The number of carboxylic acid groups (broad SMARTS) is 1. The van der Waals surface area contributed by atoms with Crippen molar-refractivity contribution in [1.29, 1.82) is 0 Å². The molecule has 1 amide bonds. The Morgan fingerprint density at radius 2 is 1.82 bits per heavy atom. The van der Waals surface area contributed by atoms with Crippen LogP contribution in [0.4, 0.5) is 23.7 Å². The van der Waals surface area contributed by atoms with E-state index in [1.807, 2.05) is 0 Å². The van der Waals surface area contributed by atoms with E-state index in [0.29, 0.717) is 12.1 Å². The van der Waals surface area contributed by atoms with Gasteiger partial charge in [0, 0.05) is 11.3 Å². The van der Waals surface area contributed by atoms with Gasteiger partial charge < -0.3 is 5.11 Å². The Morgan fingerprint density at radius 3 is 2.24 bits per heavy atom. The Hall–Kier alpha value is -2.05. The van der Waals surface area contributed by atoms with Crippen LogP contribution in [0, 0.1) is 0 Å². The molecule has 2 N–H and O–H groups in total. The van der Waals surface area contributed by atoms with Crippen LogP contribution in [0.3, 0.4) is 0 Å². The summed E-state index contributed by atoms with van der Waals surface area (Å²) in [5, 5.41) is 10.2. The van der Waals surface area contributed by atoms with Crippen molar-refractivity contribution in [2.45, 2.75) is 13.1 Å². The molecule has 0 aliphatic heterocycles. The van der Waals surface area contributed by atoms with Gasteiger partial charge in [-0.15, -0.1) is 0 Å². The molecular formula is C10H8F3NO3. The lowest BCUT2D eigenvalue weighted by Gasteiger charge is -2.10. The summed E-state index contributed by atoms with van der Waals surface area (Å²) < 4.78 is 37.4. The Morgan fingerprint density at radius 1 is 1.24 bits per heavy atom. The molecule has 1 rings (SSSR count). The lowest BCUT2D eigenvalue weighted by molar-refractivity contribution is -0.137. The molecule has 7 heteroatoms. The van der Waals surface area contributed by atoms with E-state index >= 15 is 0 Å². The Labute approximate surface area is 94.1 Å². The molecule has 1 aromatic rings. The monoisotopic (exact) mass is 247 g/mol. The molecule has 0 fully saturated rings. The Kier molecular flexibility index (Phi) is 3.40. The fourth-order valence-electron chi connectivity index (χ4n) is 1.19. The van der Waals surface area contributed by atoms with Crippen molar-refractivity contribution in [2.24, 2.45) is 0 Å². The summed E-state index contributed by atoms with van der Waals surface area (Å²) in [4.78, 5) is 21.4. The first-order chi connectivity index (χ1) is 7.70. The number of ketones is 1. The molecule has 0 aromatic heterocycles. The number of amides is 1. The third-order valence-corrected chi connectivity index (χ3v) is 1.92. The van der Waals surface area contributed by atoms with E-state index in [1.54, 1.807) is 5.32 Å². The minimum Gasteiger partial charge on any atom is -0.465 e. The molecule has 0 atom stereocenters. The summed E-state index contributed by atoms with van der Waals surface area (Å²) in [5.41, 5.74) is -1.57. The van der Waals surface area contributed by atoms with Crippen molar-refractivity contribution in [3.05, 3.63) is 29.3 Å². The van der Waals surface area contributed by atoms with Crippen molar-refractivity contribution in [3.63, 3.8) is 0 Å². The molecule has 92 valence electrons. The second kappa shape index (κ2) is 4.44.